The van der Waals surface area contributed by atoms with Gasteiger partial charge in [-0.25, -0.2) is 4.98 Å². The number of hydrogen-bond acceptors (Lipinski definition) is 6. The molecule has 1 saturated heterocycles. The van der Waals surface area contributed by atoms with Crippen LogP contribution in [0.15, 0.2) is 10.4 Å². The summed E-state index contributed by atoms with van der Waals surface area (Å²) in [7, 11) is 0. The molecule has 1 fully saturated rings. The fourth-order valence-electron chi connectivity index (χ4n) is 2.94. The van der Waals surface area contributed by atoms with Gasteiger partial charge in [0.05, 0.1) is 36.1 Å². The molecule has 2 rings (SSSR count). The quantitative estimate of drug-likeness (QED) is 0.267. The summed E-state index contributed by atoms with van der Waals surface area (Å²) in [5.74, 6) is 0.734. The molecule has 0 spiro atoms. The average Bonchev–Trinajstić information content (AvgIpc) is 3.09. The average molecular weight is 540 g/mol. The second-order valence-electron chi connectivity index (χ2n) is 8.63. The first kappa shape index (κ1) is 26.5. The van der Waals surface area contributed by atoms with Crippen LogP contribution >= 0.6 is 35.3 Å². The summed E-state index contributed by atoms with van der Waals surface area (Å²) in [5, 5.41) is 20.6. The lowest BCUT2D eigenvalue weighted by atomic mass is 9.93. The third-order valence-corrected chi connectivity index (χ3v) is 5.45. The van der Waals surface area contributed by atoms with Crippen molar-refractivity contribution in [3.8, 4) is 0 Å². The zero-order valence-corrected chi connectivity index (χ0v) is 21.6. The van der Waals surface area contributed by atoms with Gasteiger partial charge in [0.25, 0.3) is 0 Å². The van der Waals surface area contributed by atoms with Crippen LogP contribution < -0.4 is 10.6 Å². The molecule has 0 aromatic carbocycles. The van der Waals surface area contributed by atoms with E-state index in [4.69, 9.17) is 9.72 Å². The molecule has 1 aliphatic rings. The Morgan fingerprint density at radius 2 is 1.97 bits per heavy atom. The number of hydrogen-bond donors (Lipinski definition) is 3. The first-order valence-corrected chi connectivity index (χ1v) is 11.1. The normalized spacial score (nSPS) is 18.1. The van der Waals surface area contributed by atoms with Gasteiger partial charge in [0.1, 0.15) is 0 Å². The van der Waals surface area contributed by atoms with E-state index >= 15 is 0 Å². The molecular weight excluding hydrogens is 501 g/mol. The Morgan fingerprint density at radius 1 is 1.28 bits per heavy atom. The Bertz CT molecular complexity index is 625. The van der Waals surface area contributed by atoms with Gasteiger partial charge in [-0.1, -0.05) is 20.8 Å². The molecule has 168 valence electrons. The smallest absolute Gasteiger partial charge is 0.191 e. The second-order valence-corrected chi connectivity index (χ2v) is 9.58. The zero-order valence-electron chi connectivity index (χ0n) is 18.5. The Kier molecular flexibility index (Phi) is 11.3. The van der Waals surface area contributed by atoms with Crippen LogP contribution in [0.5, 0.6) is 0 Å². The standard InChI is InChI=1S/C20H37N5O2S.HI/c1-6-21-18(22-8-7-17-24-16(13-28-17)19(2,3)4)23-14-20(5,26)15-25-9-11-27-12-10-25;/h13,26H,6-12,14-15H2,1-5H3,(H2,21,22,23);1H. The predicted octanol–water partition coefficient (Wildman–Crippen LogP) is 2.24. The van der Waals surface area contributed by atoms with Crippen LogP contribution in [-0.2, 0) is 16.6 Å². The number of morpholine rings is 1. The molecule has 0 amide bonds. The van der Waals surface area contributed by atoms with Gasteiger partial charge >= 0.3 is 0 Å². The number of nitrogens with zero attached hydrogens (tertiary/aromatic N) is 3. The maximum atomic E-state index is 10.7. The highest BCUT2D eigenvalue weighted by Crippen LogP contribution is 2.23. The van der Waals surface area contributed by atoms with E-state index in [9.17, 15) is 5.11 Å². The molecule has 1 aliphatic heterocycles. The fraction of sp³-hybridized carbons (Fsp3) is 0.800. The van der Waals surface area contributed by atoms with Crippen molar-refractivity contribution in [1.82, 2.24) is 20.5 Å². The van der Waals surface area contributed by atoms with Gasteiger partial charge in [0, 0.05) is 49.9 Å². The van der Waals surface area contributed by atoms with E-state index in [-0.39, 0.29) is 29.4 Å². The van der Waals surface area contributed by atoms with Crippen molar-refractivity contribution < 1.29 is 9.84 Å². The fourth-order valence-corrected chi connectivity index (χ4v) is 3.97. The van der Waals surface area contributed by atoms with Crippen LogP contribution in [0.1, 0.15) is 45.3 Å². The molecule has 0 radical (unpaired) electrons. The second kappa shape index (κ2) is 12.4. The molecule has 1 aromatic heterocycles. The molecule has 0 saturated carbocycles. The Balaban J connectivity index is 0.00000420. The lowest BCUT2D eigenvalue weighted by molar-refractivity contribution is -0.0179. The summed E-state index contributed by atoms with van der Waals surface area (Å²) in [6.45, 7) is 16.1. The van der Waals surface area contributed by atoms with Gasteiger partial charge in [-0.05, 0) is 13.8 Å². The van der Waals surface area contributed by atoms with E-state index in [1.54, 1.807) is 11.3 Å². The third-order valence-electron chi connectivity index (χ3n) is 4.54. The number of nitrogens with one attached hydrogen (secondary N) is 2. The number of rotatable bonds is 8. The van der Waals surface area contributed by atoms with E-state index < -0.39 is 5.60 Å². The van der Waals surface area contributed by atoms with E-state index in [1.165, 1.54) is 0 Å². The van der Waals surface area contributed by atoms with Gasteiger partial charge < -0.3 is 20.5 Å². The molecular formula is C20H38IN5O2S. The van der Waals surface area contributed by atoms with Crippen molar-refractivity contribution in [1.29, 1.82) is 0 Å². The molecule has 1 atom stereocenters. The van der Waals surface area contributed by atoms with Crippen LogP contribution in [0, 0.1) is 0 Å². The highest BCUT2D eigenvalue weighted by atomic mass is 127. The highest BCUT2D eigenvalue weighted by molar-refractivity contribution is 14.0. The number of guanidine groups is 1. The molecule has 9 heteroatoms. The van der Waals surface area contributed by atoms with Crippen LogP contribution in [0.2, 0.25) is 0 Å². The highest BCUT2D eigenvalue weighted by Gasteiger charge is 2.25. The van der Waals surface area contributed by atoms with Crippen molar-refractivity contribution in [2.45, 2.75) is 52.1 Å². The van der Waals surface area contributed by atoms with Gasteiger partial charge in [-0.3, -0.25) is 9.89 Å². The van der Waals surface area contributed by atoms with Crippen LogP contribution in [0.4, 0.5) is 0 Å². The number of aromatic nitrogens is 1. The minimum Gasteiger partial charge on any atom is -0.387 e. The van der Waals surface area contributed by atoms with Crippen molar-refractivity contribution >= 4 is 41.3 Å². The van der Waals surface area contributed by atoms with Gasteiger partial charge in [0.15, 0.2) is 5.96 Å². The number of ether oxygens (including phenoxy) is 1. The summed E-state index contributed by atoms with van der Waals surface area (Å²) in [6.07, 6.45) is 0.856. The van der Waals surface area contributed by atoms with E-state index in [0.717, 1.165) is 62.5 Å². The van der Waals surface area contributed by atoms with Crippen LogP contribution in [0.3, 0.4) is 0 Å². The molecule has 29 heavy (non-hydrogen) atoms. The first-order valence-electron chi connectivity index (χ1n) is 10.2. The minimum absolute atomic E-state index is 0. The van der Waals surface area contributed by atoms with E-state index in [1.807, 2.05) is 13.8 Å². The predicted molar refractivity (Wildman–Crippen MR) is 132 cm³/mol. The van der Waals surface area contributed by atoms with Crippen molar-refractivity contribution in [2.75, 3.05) is 52.5 Å². The van der Waals surface area contributed by atoms with Crippen LogP contribution in [0.25, 0.3) is 0 Å². The molecule has 0 aliphatic carbocycles. The van der Waals surface area contributed by atoms with E-state index in [2.05, 4.69) is 46.7 Å². The maximum Gasteiger partial charge on any atom is 0.191 e. The third kappa shape index (κ3) is 9.91. The van der Waals surface area contributed by atoms with Gasteiger partial charge in [-0.2, -0.15) is 0 Å². The SMILES string of the molecule is CCNC(=NCC(C)(O)CN1CCOCC1)NCCc1nc(C(C)(C)C)cs1.I. The maximum absolute atomic E-state index is 10.7. The summed E-state index contributed by atoms with van der Waals surface area (Å²) >= 11 is 1.71. The lowest BCUT2D eigenvalue weighted by Crippen LogP contribution is -2.48. The summed E-state index contributed by atoms with van der Waals surface area (Å²) < 4.78 is 5.37. The molecule has 1 unspecified atom stereocenters. The summed E-state index contributed by atoms with van der Waals surface area (Å²) in [6, 6.07) is 0. The molecule has 0 bridgehead atoms. The van der Waals surface area contributed by atoms with Crippen molar-refractivity contribution in [2.24, 2.45) is 4.99 Å². The largest absolute Gasteiger partial charge is 0.387 e. The zero-order chi connectivity index (χ0) is 20.6. The molecule has 3 N–H and O–H groups in total. The molecule has 1 aromatic rings. The molecule has 2 heterocycles. The Labute approximate surface area is 196 Å². The van der Waals surface area contributed by atoms with Crippen molar-refractivity contribution in [3.05, 3.63) is 16.1 Å². The number of halogens is 1. The van der Waals surface area contributed by atoms with Gasteiger partial charge in [0.2, 0.25) is 0 Å². The lowest BCUT2D eigenvalue weighted by Gasteiger charge is -2.33. The number of aliphatic hydroxyl groups is 1. The number of thiazole rings is 1. The monoisotopic (exact) mass is 539 g/mol. The Hall–Kier alpha value is -0.490. The number of aliphatic imine (C=N–C) groups is 1. The topological polar surface area (TPSA) is 82.0 Å². The summed E-state index contributed by atoms with van der Waals surface area (Å²) in [5.41, 5.74) is 0.369. The summed E-state index contributed by atoms with van der Waals surface area (Å²) in [4.78, 5) is 11.6. The van der Waals surface area contributed by atoms with Gasteiger partial charge in [-0.15, -0.1) is 35.3 Å². The van der Waals surface area contributed by atoms with E-state index in [0.29, 0.717) is 13.1 Å². The van der Waals surface area contributed by atoms with Crippen molar-refractivity contribution in [3.63, 3.8) is 0 Å². The van der Waals surface area contributed by atoms with Crippen LogP contribution in [-0.4, -0.2) is 79.0 Å². The molecule has 7 nitrogen and oxygen atoms in total. The Morgan fingerprint density at radius 3 is 2.55 bits per heavy atom. The number of β-amino-alcohol motifs (C(OH)–C–C–N with tert-alkyl or cyclic N) is 1. The first-order chi connectivity index (χ1) is 13.2. The minimum atomic E-state index is -0.864.